The first-order chi connectivity index (χ1) is 9.93. The minimum absolute atomic E-state index is 0.216. The first-order valence-electron chi connectivity index (χ1n) is 7.34. The molecule has 0 unspecified atom stereocenters. The summed E-state index contributed by atoms with van der Waals surface area (Å²) in [7, 11) is -0.433. The molecule has 2 aromatic carbocycles. The average Bonchev–Trinajstić information content (AvgIpc) is 2.52. The van der Waals surface area contributed by atoms with Crippen LogP contribution in [0.4, 0.5) is 0 Å². The summed E-state index contributed by atoms with van der Waals surface area (Å²) in [4.78, 5) is 0. The lowest BCUT2D eigenvalue weighted by Crippen LogP contribution is -2.61. The molecule has 0 atom stereocenters. The normalized spacial score (nSPS) is 12.4. The molecule has 1 aliphatic rings. The topological polar surface area (TPSA) is 18.5 Å². The predicted molar refractivity (Wildman–Crippen MR) is 88.5 cm³/mol. The molecule has 1 saturated heterocycles. The van der Waals surface area contributed by atoms with Crippen molar-refractivity contribution in [3.63, 3.8) is 0 Å². The van der Waals surface area contributed by atoms with E-state index >= 15 is 0 Å². The first-order valence-corrected chi connectivity index (χ1v) is 7.34. The van der Waals surface area contributed by atoms with E-state index in [2.05, 4.69) is 0 Å². The molecule has 4 heteroatoms. The maximum Gasteiger partial charge on any atom is 0.467 e. The van der Waals surface area contributed by atoms with Gasteiger partial charge in [0, 0.05) is 0 Å². The van der Waals surface area contributed by atoms with E-state index in [0.29, 0.717) is 0 Å². The molecule has 0 bridgehead atoms. The number of hydrogen-bond donors (Lipinski definition) is 0. The van der Waals surface area contributed by atoms with Gasteiger partial charge in [-0.05, 0) is 10.9 Å². The van der Waals surface area contributed by atoms with Crippen LogP contribution in [0.2, 0.25) is 0 Å². The third-order valence-corrected chi connectivity index (χ3v) is 2.64. The Hall–Kier alpha value is -1.51. The Morgan fingerprint density at radius 3 is 1.15 bits per heavy atom. The van der Waals surface area contributed by atoms with Crippen molar-refractivity contribution in [1.82, 2.24) is 0 Å². The molecule has 0 aromatic heterocycles. The van der Waals surface area contributed by atoms with Gasteiger partial charge in [0.2, 0.25) is 0 Å². The molecule has 0 aliphatic carbocycles. The summed E-state index contributed by atoms with van der Waals surface area (Å²) in [5.74, 6) is 0. The molecule has 2 aromatic rings. The maximum absolute atomic E-state index is 5.69. The molecule has 3 rings (SSSR count). The summed E-state index contributed by atoms with van der Waals surface area (Å²) in [5, 5.41) is 0. The maximum atomic E-state index is 5.69. The van der Waals surface area contributed by atoms with E-state index in [4.69, 9.17) is 9.14 Å². The second-order valence-corrected chi connectivity index (χ2v) is 3.76. The van der Waals surface area contributed by atoms with Crippen molar-refractivity contribution in [1.29, 1.82) is 0 Å². The summed E-state index contributed by atoms with van der Waals surface area (Å²) >= 11 is 0. The highest BCUT2D eigenvalue weighted by molar-refractivity contribution is 6.86. The van der Waals surface area contributed by atoms with Crippen LogP contribution in [0, 0.1) is 0 Å². The van der Waals surface area contributed by atoms with Gasteiger partial charge in [-0.2, -0.15) is 0 Å². The summed E-state index contributed by atoms with van der Waals surface area (Å²) in [6, 6.07) is 19.9. The van der Waals surface area contributed by atoms with Gasteiger partial charge in [-0.1, -0.05) is 88.4 Å². The van der Waals surface area contributed by atoms with Crippen LogP contribution in [0.25, 0.3) is 0 Å². The Bertz CT molecular complexity index is 413. The quantitative estimate of drug-likeness (QED) is 0.779. The molecule has 20 heavy (non-hydrogen) atoms. The number of rotatable bonds is 2. The molecular weight excluding hydrogens is 246 g/mol. The van der Waals surface area contributed by atoms with Crippen molar-refractivity contribution in [2.75, 3.05) is 0 Å². The Morgan fingerprint density at radius 2 is 0.850 bits per heavy atom. The summed E-state index contributed by atoms with van der Waals surface area (Å²) in [6.45, 7) is 8.00. The van der Waals surface area contributed by atoms with Crippen molar-refractivity contribution in [2.45, 2.75) is 27.7 Å². The minimum Gasteiger partial charge on any atom is -0.445 e. The van der Waals surface area contributed by atoms with Gasteiger partial charge in [0.05, 0.1) is 0 Å². The predicted octanol–water partition coefficient (Wildman–Crippen LogP) is 2.88. The summed E-state index contributed by atoms with van der Waals surface area (Å²) in [5.41, 5.74) is 2.13. The lowest BCUT2D eigenvalue weighted by Gasteiger charge is -2.31. The van der Waals surface area contributed by atoms with Gasteiger partial charge in [0.1, 0.15) is 0 Å². The average molecular weight is 268 g/mol. The molecule has 1 fully saturated rings. The van der Waals surface area contributed by atoms with Gasteiger partial charge >= 0.3 is 14.2 Å². The van der Waals surface area contributed by atoms with Crippen LogP contribution in [0.3, 0.4) is 0 Å². The third kappa shape index (κ3) is 4.26. The molecule has 0 saturated carbocycles. The summed E-state index contributed by atoms with van der Waals surface area (Å²) < 4.78 is 11.4. The molecule has 1 heterocycles. The molecular formula is C16H22B2O2. The van der Waals surface area contributed by atoms with Crippen LogP contribution in [0.5, 0.6) is 0 Å². The SMILES string of the molecule is CC.CC.c1ccc(B2OB(c3ccccc3)O2)cc1. The highest BCUT2D eigenvalue weighted by Crippen LogP contribution is 2.09. The number of hydrogen-bond acceptors (Lipinski definition) is 2. The van der Waals surface area contributed by atoms with Crippen molar-refractivity contribution in [2.24, 2.45) is 0 Å². The van der Waals surface area contributed by atoms with E-state index < -0.39 is 0 Å². The zero-order valence-electron chi connectivity index (χ0n) is 12.7. The van der Waals surface area contributed by atoms with Crippen LogP contribution in [0.15, 0.2) is 60.7 Å². The van der Waals surface area contributed by atoms with Crippen molar-refractivity contribution in [3.05, 3.63) is 60.7 Å². The Morgan fingerprint density at radius 1 is 0.550 bits per heavy atom. The van der Waals surface area contributed by atoms with Crippen molar-refractivity contribution >= 4 is 25.2 Å². The van der Waals surface area contributed by atoms with Crippen LogP contribution >= 0.6 is 0 Å². The zero-order valence-corrected chi connectivity index (χ0v) is 12.7. The molecule has 104 valence electrons. The van der Waals surface area contributed by atoms with E-state index in [1.165, 1.54) is 0 Å². The molecule has 0 radical (unpaired) electrons. The molecule has 0 spiro atoms. The fraction of sp³-hybridized carbons (Fsp3) is 0.250. The fourth-order valence-corrected chi connectivity index (χ4v) is 1.77. The van der Waals surface area contributed by atoms with Crippen molar-refractivity contribution in [3.8, 4) is 0 Å². The molecule has 2 nitrogen and oxygen atoms in total. The Kier molecular flexibility index (Phi) is 7.78. The van der Waals surface area contributed by atoms with Gasteiger partial charge in [-0.25, -0.2) is 0 Å². The number of benzene rings is 2. The van der Waals surface area contributed by atoms with Crippen LogP contribution in [-0.4, -0.2) is 14.2 Å². The smallest absolute Gasteiger partial charge is 0.445 e. The second-order valence-electron chi connectivity index (χ2n) is 3.76. The van der Waals surface area contributed by atoms with Crippen molar-refractivity contribution < 1.29 is 9.14 Å². The second kappa shape index (κ2) is 9.40. The lowest BCUT2D eigenvalue weighted by molar-refractivity contribution is 0.308. The lowest BCUT2D eigenvalue weighted by atomic mass is 9.61. The molecule has 0 amide bonds. The van der Waals surface area contributed by atoms with Crippen LogP contribution in [0.1, 0.15) is 27.7 Å². The van der Waals surface area contributed by atoms with E-state index in [1.807, 2.05) is 88.4 Å². The van der Waals surface area contributed by atoms with Gasteiger partial charge in [0.25, 0.3) is 0 Å². The van der Waals surface area contributed by atoms with Crippen LogP contribution < -0.4 is 10.9 Å². The van der Waals surface area contributed by atoms with Gasteiger partial charge in [-0.3, -0.25) is 0 Å². The minimum atomic E-state index is -0.216. The third-order valence-electron chi connectivity index (χ3n) is 2.64. The van der Waals surface area contributed by atoms with Gasteiger partial charge < -0.3 is 9.14 Å². The standard InChI is InChI=1S/C12H10B2O2.2C2H6/c1-3-7-11(8-4-1)13-15-14(16-13)12-9-5-2-6-10-12;2*1-2/h1-10H;2*1-2H3. The monoisotopic (exact) mass is 268 g/mol. The van der Waals surface area contributed by atoms with Crippen LogP contribution in [-0.2, 0) is 9.14 Å². The fourth-order valence-electron chi connectivity index (χ4n) is 1.77. The Balaban J connectivity index is 0.000000461. The first kappa shape index (κ1) is 16.5. The highest BCUT2D eigenvalue weighted by atomic mass is 16.7. The largest absolute Gasteiger partial charge is 0.467 e. The van der Waals surface area contributed by atoms with Gasteiger partial charge in [0.15, 0.2) is 0 Å². The van der Waals surface area contributed by atoms with E-state index in [-0.39, 0.29) is 14.2 Å². The highest BCUT2D eigenvalue weighted by Gasteiger charge is 2.42. The van der Waals surface area contributed by atoms with Gasteiger partial charge in [-0.15, -0.1) is 0 Å². The Labute approximate surface area is 123 Å². The van der Waals surface area contributed by atoms with E-state index in [1.54, 1.807) is 0 Å². The van der Waals surface area contributed by atoms with E-state index in [9.17, 15) is 0 Å². The zero-order chi connectivity index (χ0) is 14.8. The molecule has 0 N–H and O–H groups in total. The summed E-state index contributed by atoms with van der Waals surface area (Å²) in [6.07, 6.45) is 0. The molecule has 1 aliphatic heterocycles. The van der Waals surface area contributed by atoms with E-state index in [0.717, 1.165) is 10.9 Å².